The summed E-state index contributed by atoms with van der Waals surface area (Å²) in [4.78, 5) is 16.6. The van der Waals surface area contributed by atoms with Gasteiger partial charge in [-0.2, -0.15) is 9.29 Å². The number of carbonyl (C=O) groups is 1. The minimum atomic E-state index is -3.65. The van der Waals surface area contributed by atoms with E-state index >= 15 is 0 Å². The van der Waals surface area contributed by atoms with Gasteiger partial charge in [0.25, 0.3) is 0 Å². The highest BCUT2D eigenvalue weighted by atomic mass is 35.5. The monoisotopic (exact) mass is 428 g/mol. The molecular formula is C18H25ClN4O4S. The van der Waals surface area contributed by atoms with Crippen LogP contribution in [-0.4, -0.2) is 41.9 Å². The Bertz CT molecular complexity index is 923. The van der Waals surface area contributed by atoms with E-state index in [1.807, 2.05) is 13.8 Å². The molecule has 1 aromatic carbocycles. The smallest absolute Gasteiger partial charge is 0.243 e. The molecule has 0 bridgehead atoms. The summed E-state index contributed by atoms with van der Waals surface area (Å²) in [6.07, 6.45) is 0.379. The Hall–Kier alpha value is -1.97. The number of aryl methyl sites for hydroxylation is 1. The van der Waals surface area contributed by atoms with Crippen LogP contribution in [0.3, 0.4) is 0 Å². The van der Waals surface area contributed by atoms with Gasteiger partial charge in [0.05, 0.1) is 15.6 Å². The second kappa shape index (κ2) is 9.49. The lowest BCUT2D eigenvalue weighted by Crippen LogP contribution is -2.30. The van der Waals surface area contributed by atoms with E-state index in [4.69, 9.17) is 16.1 Å². The lowest BCUT2D eigenvalue weighted by molar-refractivity contribution is -0.116. The first kappa shape index (κ1) is 22.3. The molecule has 0 saturated carbocycles. The zero-order valence-corrected chi connectivity index (χ0v) is 18.0. The topological polar surface area (TPSA) is 105 Å². The third kappa shape index (κ3) is 5.30. The average Bonchev–Trinajstić information content (AvgIpc) is 3.12. The van der Waals surface area contributed by atoms with E-state index in [0.29, 0.717) is 24.8 Å². The summed E-state index contributed by atoms with van der Waals surface area (Å²) in [7, 11) is -3.65. The Kier molecular flexibility index (Phi) is 7.56. The molecule has 154 valence electrons. The quantitative estimate of drug-likeness (QED) is 0.655. The number of nitrogens with zero attached hydrogens (tertiary/aromatic N) is 3. The second-order valence-electron chi connectivity index (χ2n) is 6.48. The molecule has 8 nitrogen and oxygen atoms in total. The molecule has 0 fully saturated rings. The number of halogens is 1. The highest BCUT2D eigenvalue weighted by Gasteiger charge is 2.23. The number of rotatable bonds is 9. The van der Waals surface area contributed by atoms with Gasteiger partial charge in [0.1, 0.15) is 0 Å². The van der Waals surface area contributed by atoms with Crippen molar-refractivity contribution >= 4 is 33.2 Å². The highest BCUT2D eigenvalue weighted by molar-refractivity contribution is 7.89. The standard InChI is InChI=1S/C18H25ClN4O4S/c1-5-23(6-2)28(25,26)13-7-8-14(19)15(11-13)20-16(24)9-10-17-21-18(12(3)4)22-27-17/h7-8,11-12H,5-6,9-10H2,1-4H3,(H,20,24). The first-order valence-electron chi connectivity index (χ1n) is 9.11. The fourth-order valence-corrected chi connectivity index (χ4v) is 4.16. The first-order chi connectivity index (χ1) is 13.2. The molecule has 28 heavy (non-hydrogen) atoms. The molecule has 1 N–H and O–H groups in total. The van der Waals surface area contributed by atoms with Crippen LogP contribution in [-0.2, 0) is 21.2 Å². The molecule has 0 saturated heterocycles. The fourth-order valence-electron chi connectivity index (χ4n) is 2.51. The van der Waals surface area contributed by atoms with E-state index in [1.54, 1.807) is 13.8 Å². The van der Waals surface area contributed by atoms with Crippen LogP contribution in [0.1, 0.15) is 51.7 Å². The first-order valence-corrected chi connectivity index (χ1v) is 10.9. The van der Waals surface area contributed by atoms with E-state index in [9.17, 15) is 13.2 Å². The maximum absolute atomic E-state index is 12.7. The molecule has 0 spiro atoms. The van der Waals surface area contributed by atoms with Crippen molar-refractivity contribution in [3.63, 3.8) is 0 Å². The van der Waals surface area contributed by atoms with Crippen LogP contribution in [0.25, 0.3) is 0 Å². The van der Waals surface area contributed by atoms with Crippen molar-refractivity contribution in [2.45, 2.75) is 51.3 Å². The van der Waals surface area contributed by atoms with Crippen molar-refractivity contribution in [3.8, 4) is 0 Å². The maximum Gasteiger partial charge on any atom is 0.243 e. The summed E-state index contributed by atoms with van der Waals surface area (Å²) >= 11 is 6.13. The van der Waals surface area contributed by atoms with Crippen LogP contribution >= 0.6 is 11.6 Å². The van der Waals surface area contributed by atoms with Crippen molar-refractivity contribution in [3.05, 3.63) is 34.9 Å². The molecule has 0 unspecified atom stereocenters. The summed E-state index contributed by atoms with van der Waals surface area (Å²) in [6, 6.07) is 4.26. The van der Waals surface area contributed by atoms with Gasteiger partial charge in [0, 0.05) is 31.8 Å². The Morgan fingerprint density at radius 1 is 1.29 bits per heavy atom. The Labute approximate surface area is 170 Å². The molecular weight excluding hydrogens is 404 g/mol. The Morgan fingerprint density at radius 3 is 2.54 bits per heavy atom. The molecule has 1 heterocycles. The van der Waals surface area contributed by atoms with Crippen molar-refractivity contribution in [2.24, 2.45) is 0 Å². The van der Waals surface area contributed by atoms with E-state index in [0.717, 1.165) is 0 Å². The number of sulfonamides is 1. The van der Waals surface area contributed by atoms with Gasteiger partial charge in [-0.1, -0.05) is 44.5 Å². The van der Waals surface area contributed by atoms with Gasteiger partial charge in [-0.25, -0.2) is 8.42 Å². The number of anilines is 1. The van der Waals surface area contributed by atoms with Crippen LogP contribution < -0.4 is 5.32 Å². The molecule has 1 amide bonds. The molecule has 10 heteroatoms. The summed E-state index contributed by atoms with van der Waals surface area (Å²) in [5.41, 5.74) is 0.244. The predicted octanol–water partition coefficient (Wildman–Crippen LogP) is 3.45. The lowest BCUT2D eigenvalue weighted by Gasteiger charge is -2.19. The van der Waals surface area contributed by atoms with Crippen LogP contribution in [0, 0.1) is 0 Å². The normalized spacial score (nSPS) is 12.0. The van der Waals surface area contributed by atoms with Gasteiger partial charge in [-0.15, -0.1) is 0 Å². The van der Waals surface area contributed by atoms with E-state index in [-0.39, 0.29) is 40.3 Å². The number of benzene rings is 1. The van der Waals surface area contributed by atoms with E-state index < -0.39 is 10.0 Å². The molecule has 0 aliphatic rings. The molecule has 2 aromatic rings. The Morgan fingerprint density at radius 2 is 1.96 bits per heavy atom. The van der Waals surface area contributed by atoms with Crippen molar-refractivity contribution < 1.29 is 17.7 Å². The largest absolute Gasteiger partial charge is 0.339 e. The molecule has 1 aromatic heterocycles. The van der Waals surface area contributed by atoms with Crippen molar-refractivity contribution in [1.82, 2.24) is 14.4 Å². The zero-order valence-electron chi connectivity index (χ0n) is 16.4. The number of amides is 1. The van der Waals surface area contributed by atoms with Gasteiger partial charge in [0.2, 0.25) is 21.8 Å². The number of hydrogen-bond donors (Lipinski definition) is 1. The molecule has 2 rings (SSSR count). The molecule has 0 aliphatic carbocycles. The van der Waals surface area contributed by atoms with Gasteiger partial charge in [-0.05, 0) is 18.2 Å². The van der Waals surface area contributed by atoms with Gasteiger partial charge >= 0.3 is 0 Å². The average molecular weight is 429 g/mol. The zero-order chi connectivity index (χ0) is 20.9. The van der Waals surface area contributed by atoms with Gasteiger partial charge < -0.3 is 9.84 Å². The van der Waals surface area contributed by atoms with Gasteiger partial charge in [0.15, 0.2) is 5.82 Å². The maximum atomic E-state index is 12.7. The summed E-state index contributed by atoms with van der Waals surface area (Å²) in [5.74, 6) is 0.778. The molecule has 0 atom stereocenters. The van der Waals surface area contributed by atoms with Crippen LogP contribution in [0.5, 0.6) is 0 Å². The fraction of sp³-hybridized carbons (Fsp3) is 0.500. The summed E-state index contributed by atoms with van der Waals surface area (Å²) in [6.45, 7) is 8.13. The van der Waals surface area contributed by atoms with Crippen LogP contribution in [0.4, 0.5) is 5.69 Å². The molecule has 0 radical (unpaired) electrons. The lowest BCUT2D eigenvalue weighted by atomic mass is 10.2. The van der Waals surface area contributed by atoms with Crippen molar-refractivity contribution in [1.29, 1.82) is 0 Å². The van der Waals surface area contributed by atoms with Crippen LogP contribution in [0.2, 0.25) is 5.02 Å². The van der Waals surface area contributed by atoms with Crippen LogP contribution in [0.15, 0.2) is 27.6 Å². The van der Waals surface area contributed by atoms with E-state index in [1.165, 1.54) is 22.5 Å². The number of aromatic nitrogens is 2. The second-order valence-corrected chi connectivity index (χ2v) is 8.83. The third-order valence-corrected chi connectivity index (χ3v) is 6.50. The predicted molar refractivity (Wildman–Crippen MR) is 107 cm³/mol. The summed E-state index contributed by atoms with van der Waals surface area (Å²) in [5, 5.41) is 6.76. The third-order valence-electron chi connectivity index (χ3n) is 4.12. The molecule has 0 aliphatic heterocycles. The highest BCUT2D eigenvalue weighted by Crippen LogP contribution is 2.27. The van der Waals surface area contributed by atoms with Crippen molar-refractivity contribution in [2.75, 3.05) is 18.4 Å². The van der Waals surface area contributed by atoms with Gasteiger partial charge in [-0.3, -0.25) is 4.79 Å². The SMILES string of the molecule is CCN(CC)S(=O)(=O)c1ccc(Cl)c(NC(=O)CCc2nc(C(C)C)no2)c1. The number of carbonyl (C=O) groups excluding carboxylic acids is 1. The van der Waals surface area contributed by atoms with E-state index in [2.05, 4.69) is 15.5 Å². The summed E-state index contributed by atoms with van der Waals surface area (Å²) < 4.78 is 31.8. The Balaban J connectivity index is 2.09. The minimum absolute atomic E-state index is 0.0781. The number of nitrogens with one attached hydrogen (secondary N) is 1. The minimum Gasteiger partial charge on any atom is -0.339 e. The number of hydrogen-bond acceptors (Lipinski definition) is 6.